The fraction of sp³-hybridized carbons (Fsp3) is 0.606. The SMILES string of the molecule is COCCCc1cc(CN(C(=O)C2CN(C(=O)OC(C)(C)C)CCC2(O)c2cc[nH]c(=O)c2)C2CC2)cc(OCCOC)c1. The number of amides is 2. The van der Waals surface area contributed by atoms with Gasteiger partial charge in [0.25, 0.3) is 0 Å². The molecule has 1 saturated carbocycles. The van der Waals surface area contributed by atoms with Crippen molar-refractivity contribution in [2.75, 3.05) is 47.1 Å². The van der Waals surface area contributed by atoms with Crippen molar-refractivity contribution in [1.82, 2.24) is 14.8 Å². The molecule has 11 heteroatoms. The van der Waals surface area contributed by atoms with Crippen LogP contribution in [-0.4, -0.2) is 90.7 Å². The smallest absolute Gasteiger partial charge is 0.410 e. The molecule has 2 aliphatic rings. The van der Waals surface area contributed by atoms with Gasteiger partial charge in [0.05, 0.1) is 12.5 Å². The number of likely N-dealkylation sites (tertiary alicyclic amines) is 1. The molecule has 0 spiro atoms. The van der Waals surface area contributed by atoms with Gasteiger partial charge in [-0.15, -0.1) is 0 Å². The van der Waals surface area contributed by atoms with E-state index in [2.05, 4.69) is 11.1 Å². The van der Waals surface area contributed by atoms with Crippen LogP contribution in [-0.2, 0) is 37.6 Å². The Morgan fingerprint density at radius 2 is 1.80 bits per heavy atom. The molecule has 1 aromatic heterocycles. The van der Waals surface area contributed by atoms with Gasteiger partial charge in [-0.25, -0.2) is 4.79 Å². The van der Waals surface area contributed by atoms with E-state index in [-0.39, 0.29) is 37.0 Å². The number of aromatic amines is 1. The molecule has 1 aromatic carbocycles. The summed E-state index contributed by atoms with van der Waals surface area (Å²) in [5.74, 6) is -0.576. The van der Waals surface area contributed by atoms with Crippen LogP contribution < -0.4 is 10.3 Å². The highest BCUT2D eigenvalue weighted by Gasteiger charge is 2.51. The number of carbonyl (C=O) groups is 2. The van der Waals surface area contributed by atoms with Gasteiger partial charge in [0.1, 0.15) is 23.6 Å². The standard InChI is InChI=1S/C33H47N3O8/c1-32(2,3)44-31(39)35-13-11-33(40,25-10-12-34-29(37)20-25)28(22-35)30(38)36(26-8-9-26)21-24-17-23(7-6-14-41-4)18-27(19-24)43-16-15-42-5/h10,12,17-20,26,28,40H,6-9,11,13-16,21-22H2,1-5H3,(H,34,37). The molecule has 2 N–H and O–H groups in total. The van der Waals surface area contributed by atoms with Crippen molar-refractivity contribution in [3.8, 4) is 5.75 Å². The molecule has 2 atom stereocenters. The highest BCUT2D eigenvalue weighted by Crippen LogP contribution is 2.41. The van der Waals surface area contributed by atoms with Crippen LogP contribution in [0.2, 0.25) is 0 Å². The van der Waals surface area contributed by atoms with Crippen LogP contribution in [0.5, 0.6) is 5.75 Å². The number of carbonyl (C=O) groups excluding carboxylic acids is 2. The Kier molecular flexibility index (Phi) is 11.1. The van der Waals surface area contributed by atoms with Crippen molar-refractivity contribution in [2.24, 2.45) is 5.92 Å². The third kappa shape index (κ3) is 8.83. The van der Waals surface area contributed by atoms with Gasteiger partial charge < -0.3 is 38.8 Å². The number of H-pyrrole nitrogens is 1. The third-order valence-electron chi connectivity index (χ3n) is 7.99. The fourth-order valence-corrected chi connectivity index (χ4v) is 5.66. The van der Waals surface area contributed by atoms with Gasteiger partial charge in [-0.1, -0.05) is 6.07 Å². The minimum Gasteiger partial charge on any atom is -0.491 e. The van der Waals surface area contributed by atoms with Gasteiger partial charge in [-0.05, 0) is 87.8 Å². The number of hydrogen-bond acceptors (Lipinski definition) is 8. The van der Waals surface area contributed by atoms with Crippen LogP contribution in [0, 0.1) is 5.92 Å². The number of aromatic nitrogens is 1. The number of aliphatic hydroxyl groups is 1. The molecule has 2 aromatic rings. The van der Waals surface area contributed by atoms with E-state index in [1.165, 1.54) is 17.2 Å². The average Bonchev–Trinajstić information content (AvgIpc) is 3.81. The summed E-state index contributed by atoms with van der Waals surface area (Å²) in [6, 6.07) is 8.99. The first kappa shape index (κ1) is 33.5. The maximum atomic E-state index is 14.5. The summed E-state index contributed by atoms with van der Waals surface area (Å²) < 4.78 is 22.0. The zero-order valence-corrected chi connectivity index (χ0v) is 26.6. The van der Waals surface area contributed by atoms with Crippen molar-refractivity contribution in [3.05, 3.63) is 63.6 Å². The first-order valence-electron chi connectivity index (χ1n) is 15.4. The van der Waals surface area contributed by atoms with Gasteiger partial charge in [-0.3, -0.25) is 9.59 Å². The Balaban J connectivity index is 1.65. The summed E-state index contributed by atoms with van der Waals surface area (Å²) in [4.78, 5) is 45.8. The second kappa shape index (κ2) is 14.6. The number of rotatable bonds is 13. The lowest BCUT2D eigenvalue weighted by Gasteiger charge is -2.45. The van der Waals surface area contributed by atoms with Crippen molar-refractivity contribution in [1.29, 1.82) is 0 Å². The normalized spacial score (nSPS) is 20.3. The minimum absolute atomic E-state index is 0.0119. The van der Waals surface area contributed by atoms with Crippen molar-refractivity contribution in [2.45, 2.75) is 76.7 Å². The van der Waals surface area contributed by atoms with Crippen molar-refractivity contribution < 1.29 is 33.6 Å². The summed E-state index contributed by atoms with van der Waals surface area (Å²) in [6.45, 7) is 7.30. The molecular formula is C33H47N3O8. The third-order valence-corrected chi connectivity index (χ3v) is 7.99. The number of pyridine rings is 1. The number of benzene rings is 1. The molecule has 242 valence electrons. The van der Waals surface area contributed by atoms with Gasteiger partial charge in [0.15, 0.2) is 0 Å². The van der Waals surface area contributed by atoms with Gasteiger partial charge in [-0.2, -0.15) is 0 Å². The van der Waals surface area contributed by atoms with Gasteiger partial charge in [0, 0.05) is 58.8 Å². The summed E-state index contributed by atoms with van der Waals surface area (Å²) >= 11 is 0. The van der Waals surface area contributed by atoms with Crippen molar-refractivity contribution >= 4 is 12.0 Å². The average molecular weight is 614 g/mol. The lowest BCUT2D eigenvalue weighted by molar-refractivity contribution is -0.155. The van der Waals surface area contributed by atoms with Crippen LogP contribution in [0.3, 0.4) is 0 Å². The second-order valence-electron chi connectivity index (χ2n) is 12.7. The number of nitrogens with zero attached hydrogens (tertiary/aromatic N) is 2. The van der Waals surface area contributed by atoms with Crippen LogP contribution in [0.25, 0.3) is 0 Å². The van der Waals surface area contributed by atoms with E-state index in [1.54, 1.807) is 41.1 Å². The number of methoxy groups -OCH3 is 2. The largest absolute Gasteiger partial charge is 0.491 e. The number of nitrogens with one attached hydrogen (secondary N) is 1. The number of piperidine rings is 1. The van der Waals surface area contributed by atoms with E-state index < -0.39 is 23.2 Å². The van der Waals surface area contributed by atoms with E-state index >= 15 is 0 Å². The molecule has 1 aliphatic heterocycles. The predicted octanol–water partition coefficient (Wildman–Crippen LogP) is 3.61. The quantitative estimate of drug-likeness (QED) is 0.328. The summed E-state index contributed by atoms with van der Waals surface area (Å²) in [7, 11) is 3.30. The molecule has 0 radical (unpaired) electrons. The predicted molar refractivity (Wildman–Crippen MR) is 164 cm³/mol. The molecule has 2 unspecified atom stereocenters. The number of aryl methyl sites for hydroxylation is 1. The van der Waals surface area contributed by atoms with Gasteiger partial charge >= 0.3 is 6.09 Å². The maximum Gasteiger partial charge on any atom is 0.410 e. The van der Waals surface area contributed by atoms with Crippen molar-refractivity contribution in [3.63, 3.8) is 0 Å². The Morgan fingerprint density at radius 3 is 2.45 bits per heavy atom. The van der Waals surface area contributed by atoms with Gasteiger partial charge in [0.2, 0.25) is 11.5 Å². The topological polar surface area (TPSA) is 131 Å². The minimum atomic E-state index is -1.65. The molecular weight excluding hydrogens is 566 g/mol. The fourth-order valence-electron chi connectivity index (χ4n) is 5.66. The van der Waals surface area contributed by atoms with Crippen LogP contribution in [0.15, 0.2) is 41.3 Å². The van der Waals surface area contributed by atoms with Crippen LogP contribution in [0.1, 0.15) is 63.1 Å². The Bertz CT molecular complexity index is 1310. The summed E-state index contributed by atoms with van der Waals surface area (Å²) in [5.41, 5.74) is -0.395. The zero-order valence-electron chi connectivity index (χ0n) is 26.6. The number of ether oxygens (including phenoxy) is 4. The van der Waals surface area contributed by atoms with E-state index in [0.717, 1.165) is 36.8 Å². The zero-order chi connectivity index (χ0) is 31.9. The first-order valence-corrected chi connectivity index (χ1v) is 15.4. The van der Waals surface area contributed by atoms with E-state index in [4.69, 9.17) is 18.9 Å². The lowest BCUT2D eigenvalue weighted by Crippen LogP contribution is -2.58. The number of hydrogen-bond donors (Lipinski definition) is 2. The second-order valence-corrected chi connectivity index (χ2v) is 12.7. The van der Waals surface area contributed by atoms with E-state index in [0.29, 0.717) is 37.7 Å². The van der Waals surface area contributed by atoms with Crippen LogP contribution in [0.4, 0.5) is 4.79 Å². The monoisotopic (exact) mass is 613 g/mol. The lowest BCUT2D eigenvalue weighted by atomic mass is 9.75. The molecule has 1 saturated heterocycles. The van der Waals surface area contributed by atoms with E-state index in [9.17, 15) is 19.5 Å². The Hall–Kier alpha value is -3.41. The molecule has 0 bridgehead atoms. The molecule has 11 nitrogen and oxygen atoms in total. The molecule has 2 amide bonds. The highest BCUT2D eigenvalue weighted by molar-refractivity contribution is 5.82. The maximum absolute atomic E-state index is 14.5. The Morgan fingerprint density at radius 1 is 1.07 bits per heavy atom. The molecule has 1 aliphatic carbocycles. The van der Waals surface area contributed by atoms with Crippen LogP contribution >= 0.6 is 0 Å². The molecule has 2 heterocycles. The summed E-state index contributed by atoms with van der Waals surface area (Å²) in [5, 5.41) is 12.2. The highest BCUT2D eigenvalue weighted by atomic mass is 16.6. The van der Waals surface area contributed by atoms with E-state index in [1.807, 2.05) is 17.0 Å². The Labute approximate surface area is 259 Å². The molecule has 2 fully saturated rings. The summed E-state index contributed by atoms with van der Waals surface area (Å²) in [6.07, 6.45) is 4.34. The first-order chi connectivity index (χ1) is 20.9. The molecule has 44 heavy (non-hydrogen) atoms. The molecule has 4 rings (SSSR count).